The number of nitrogens with zero attached hydrogens (tertiary/aromatic N) is 2. The first-order valence-corrected chi connectivity index (χ1v) is 8.62. The van der Waals surface area contributed by atoms with Crippen LogP contribution in [0, 0.1) is 5.92 Å². The van der Waals surface area contributed by atoms with E-state index in [1.54, 1.807) is 37.3 Å². The fourth-order valence-electron chi connectivity index (χ4n) is 3.48. The molecule has 138 valence electrons. The lowest BCUT2D eigenvalue weighted by Gasteiger charge is -2.41. The molecular weight excluding hydrogens is 338 g/mol. The second-order valence-electron chi connectivity index (χ2n) is 6.69. The maximum atomic E-state index is 13.1. The molecule has 0 unspecified atom stereocenters. The third-order valence-electron chi connectivity index (χ3n) is 4.86. The summed E-state index contributed by atoms with van der Waals surface area (Å²) in [6, 6.07) is 6.39. The van der Waals surface area contributed by atoms with Crippen LogP contribution < -0.4 is 5.32 Å². The van der Waals surface area contributed by atoms with E-state index in [1.165, 1.54) is 5.01 Å². The molecule has 8 heteroatoms. The number of aliphatic carboxylic acids is 1. The molecule has 2 fully saturated rings. The van der Waals surface area contributed by atoms with E-state index in [9.17, 15) is 24.3 Å². The van der Waals surface area contributed by atoms with Crippen LogP contribution in [0.1, 0.15) is 36.5 Å². The Balaban J connectivity index is 1.89. The van der Waals surface area contributed by atoms with Gasteiger partial charge in [0.2, 0.25) is 5.91 Å². The number of hydrogen-bond acceptors (Lipinski definition) is 4. The highest BCUT2D eigenvalue weighted by Crippen LogP contribution is 2.27. The molecule has 0 aromatic heterocycles. The molecule has 0 aliphatic carbocycles. The van der Waals surface area contributed by atoms with Gasteiger partial charge in [-0.25, -0.2) is 9.80 Å². The Morgan fingerprint density at radius 3 is 2.54 bits per heavy atom. The second-order valence-corrected chi connectivity index (χ2v) is 6.69. The smallest absolute Gasteiger partial charge is 0.328 e. The highest BCUT2D eigenvalue weighted by molar-refractivity contribution is 5.99. The maximum Gasteiger partial charge on any atom is 0.328 e. The molecule has 2 aliphatic rings. The summed E-state index contributed by atoms with van der Waals surface area (Å²) in [6.07, 6.45) is 0.856. The van der Waals surface area contributed by atoms with Gasteiger partial charge in [-0.3, -0.25) is 19.4 Å². The zero-order valence-electron chi connectivity index (χ0n) is 14.4. The summed E-state index contributed by atoms with van der Waals surface area (Å²) >= 11 is 0. The summed E-state index contributed by atoms with van der Waals surface area (Å²) in [6.45, 7) is 2.02. The molecule has 0 radical (unpaired) electrons. The Morgan fingerprint density at radius 2 is 1.88 bits per heavy atom. The van der Waals surface area contributed by atoms with E-state index in [0.717, 1.165) is 5.01 Å². The normalized spacial score (nSPS) is 26.1. The Morgan fingerprint density at radius 1 is 1.19 bits per heavy atom. The number of amides is 3. The Hall–Kier alpha value is -2.90. The lowest BCUT2D eigenvalue weighted by Crippen LogP contribution is -2.62. The van der Waals surface area contributed by atoms with Crippen molar-refractivity contribution in [3.63, 3.8) is 0 Å². The lowest BCUT2D eigenvalue weighted by atomic mass is 9.97. The molecule has 0 spiro atoms. The molecular formula is C18H21N3O5. The highest BCUT2D eigenvalue weighted by Gasteiger charge is 2.46. The van der Waals surface area contributed by atoms with Crippen molar-refractivity contribution in [2.45, 2.75) is 38.3 Å². The van der Waals surface area contributed by atoms with E-state index in [1.807, 2.05) is 0 Å². The minimum atomic E-state index is -1.15. The Kier molecular flexibility index (Phi) is 4.92. The predicted octanol–water partition coefficient (Wildman–Crippen LogP) is 0.644. The van der Waals surface area contributed by atoms with E-state index in [4.69, 9.17) is 0 Å². The van der Waals surface area contributed by atoms with Gasteiger partial charge in [-0.1, -0.05) is 25.1 Å². The van der Waals surface area contributed by atoms with Crippen molar-refractivity contribution in [1.29, 1.82) is 0 Å². The summed E-state index contributed by atoms with van der Waals surface area (Å²) in [4.78, 5) is 49.6. The summed E-state index contributed by atoms with van der Waals surface area (Å²) < 4.78 is 0. The number of rotatable bonds is 3. The van der Waals surface area contributed by atoms with Crippen LogP contribution in [0.15, 0.2) is 30.3 Å². The number of carboxylic acid groups (broad SMARTS) is 1. The van der Waals surface area contributed by atoms with E-state index in [-0.39, 0.29) is 18.7 Å². The quantitative estimate of drug-likeness (QED) is 0.824. The fraction of sp³-hybridized carbons (Fsp3) is 0.444. The van der Waals surface area contributed by atoms with Crippen LogP contribution in [0.5, 0.6) is 0 Å². The van der Waals surface area contributed by atoms with Crippen molar-refractivity contribution < 1.29 is 24.3 Å². The molecule has 3 amide bonds. The van der Waals surface area contributed by atoms with Gasteiger partial charge in [0, 0.05) is 18.5 Å². The van der Waals surface area contributed by atoms with Gasteiger partial charge in [0.25, 0.3) is 11.8 Å². The van der Waals surface area contributed by atoms with Gasteiger partial charge in [0.1, 0.15) is 6.04 Å². The molecule has 26 heavy (non-hydrogen) atoms. The van der Waals surface area contributed by atoms with Gasteiger partial charge in [-0.2, -0.15) is 0 Å². The molecule has 2 saturated heterocycles. The van der Waals surface area contributed by atoms with Gasteiger partial charge < -0.3 is 10.4 Å². The minimum Gasteiger partial charge on any atom is -0.480 e. The van der Waals surface area contributed by atoms with Crippen molar-refractivity contribution in [2.75, 3.05) is 6.54 Å². The second kappa shape index (κ2) is 7.15. The van der Waals surface area contributed by atoms with Gasteiger partial charge >= 0.3 is 5.97 Å². The minimum absolute atomic E-state index is 0.0638. The van der Waals surface area contributed by atoms with Crippen LogP contribution in [0.2, 0.25) is 0 Å². The molecule has 2 heterocycles. The van der Waals surface area contributed by atoms with Crippen LogP contribution >= 0.6 is 0 Å². The van der Waals surface area contributed by atoms with Crippen molar-refractivity contribution in [2.24, 2.45) is 5.92 Å². The van der Waals surface area contributed by atoms with E-state index < -0.39 is 35.8 Å². The number of hydrazine groups is 1. The molecule has 0 saturated carbocycles. The molecule has 8 nitrogen and oxygen atoms in total. The number of carbonyl (C=O) groups is 4. The Labute approximate surface area is 150 Å². The lowest BCUT2D eigenvalue weighted by molar-refractivity contribution is -0.180. The van der Waals surface area contributed by atoms with Crippen molar-refractivity contribution in [3.05, 3.63) is 35.9 Å². The fourth-order valence-corrected chi connectivity index (χ4v) is 3.48. The average molecular weight is 359 g/mol. The largest absolute Gasteiger partial charge is 0.480 e. The highest BCUT2D eigenvalue weighted by atomic mass is 16.4. The van der Waals surface area contributed by atoms with E-state index in [0.29, 0.717) is 18.5 Å². The van der Waals surface area contributed by atoms with Gasteiger partial charge in [-0.15, -0.1) is 0 Å². The molecule has 3 rings (SSSR count). The molecule has 0 bridgehead atoms. The zero-order chi connectivity index (χ0) is 18.8. The van der Waals surface area contributed by atoms with Crippen LogP contribution in [0.3, 0.4) is 0 Å². The molecule has 2 aliphatic heterocycles. The van der Waals surface area contributed by atoms with Gasteiger partial charge in [0.05, 0.1) is 0 Å². The summed E-state index contributed by atoms with van der Waals surface area (Å²) in [7, 11) is 0. The number of hydrogen-bond donors (Lipinski definition) is 2. The molecule has 1 aromatic carbocycles. The average Bonchev–Trinajstić information content (AvgIpc) is 2.72. The standard InChI is InChI=1S/C18H21N3O5/c1-11-10-14(22)20-9-5-8-13(18(25)26)21(20)17(24)15(11)19-16(23)12-6-3-2-4-7-12/h2-4,6-7,11,13,15H,5,8-10H2,1H3,(H,19,23)(H,25,26)/t11-,13-,15-/m0/s1. The van der Waals surface area contributed by atoms with Crippen LogP contribution in [0.25, 0.3) is 0 Å². The number of benzene rings is 1. The maximum absolute atomic E-state index is 13.1. The van der Waals surface area contributed by atoms with Crippen molar-refractivity contribution in [1.82, 2.24) is 15.3 Å². The van der Waals surface area contributed by atoms with Crippen molar-refractivity contribution >= 4 is 23.7 Å². The SMILES string of the molecule is C[C@H]1CC(=O)N2CCC[C@@H](C(=O)O)N2C(=O)[C@H]1NC(=O)c1ccccc1. The van der Waals surface area contributed by atoms with Crippen molar-refractivity contribution in [3.8, 4) is 0 Å². The third-order valence-corrected chi connectivity index (χ3v) is 4.86. The molecule has 1 aromatic rings. The predicted molar refractivity (Wildman–Crippen MR) is 90.7 cm³/mol. The summed E-state index contributed by atoms with van der Waals surface area (Å²) in [5.41, 5.74) is 0.397. The van der Waals surface area contributed by atoms with E-state index in [2.05, 4.69) is 5.32 Å². The van der Waals surface area contributed by atoms with Gasteiger partial charge in [0.15, 0.2) is 6.04 Å². The number of nitrogens with one attached hydrogen (secondary N) is 1. The van der Waals surface area contributed by atoms with E-state index >= 15 is 0 Å². The van der Waals surface area contributed by atoms with Crippen LogP contribution in [0.4, 0.5) is 0 Å². The van der Waals surface area contributed by atoms with Crippen LogP contribution in [-0.2, 0) is 14.4 Å². The summed E-state index contributed by atoms with van der Waals surface area (Å²) in [5.74, 6) is -2.88. The molecule has 2 N–H and O–H groups in total. The van der Waals surface area contributed by atoms with Gasteiger partial charge in [-0.05, 0) is 30.9 Å². The first kappa shape index (κ1) is 17.9. The van der Waals surface area contributed by atoms with Crippen LogP contribution in [-0.4, -0.2) is 57.4 Å². The first-order chi connectivity index (χ1) is 12.4. The number of carboxylic acids is 1. The molecule has 3 atom stereocenters. The zero-order valence-corrected chi connectivity index (χ0v) is 14.4. The monoisotopic (exact) mass is 359 g/mol. The summed E-state index contributed by atoms with van der Waals surface area (Å²) in [5, 5.41) is 14.4. The number of fused-ring (bicyclic) bond motifs is 1. The third kappa shape index (κ3) is 3.26. The topological polar surface area (TPSA) is 107 Å². The first-order valence-electron chi connectivity index (χ1n) is 8.62. The Bertz CT molecular complexity index is 736. The number of carbonyl (C=O) groups excluding carboxylic acids is 3.